The zero-order valence-electron chi connectivity index (χ0n) is 17.7. The summed E-state index contributed by atoms with van der Waals surface area (Å²) < 4.78 is 4.97. The Labute approximate surface area is 171 Å². The molecule has 0 aliphatic carbocycles. The van der Waals surface area contributed by atoms with Crippen LogP contribution in [-0.4, -0.2) is 13.1 Å². The molecule has 152 valence electrons. The normalized spacial score (nSPS) is 10.8. The van der Waals surface area contributed by atoms with Gasteiger partial charge in [-0.15, -0.1) is 0 Å². The van der Waals surface area contributed by atoms with E-state index in [2.05, 4.69) is 25.1 Å². The van der Waals surface area contributed by atoms with Gasteiger partial charge in [-0.3, -0.25) is 0 Å². The van der Waals surface area contributed by atoms with Crippen molar-refractivity contribution in [3.05, 3.63) is 59.7 Å². The second kappa shape index (κ2) is 13.1. The molecule has 2 aromatic rings. The average Bonchev–Trinajstić information content (AvgIpc) is 2.75. The Morgan fingerprint density at radius 3 is 1.89 bits per heavy atom. The van der Waals surface area contributed by atoms with Crippen molar-refractivity contribution < 1.29 is 9.53 Å². The van der Waals surface area contributed by atoms with Gasteiger partial charge in [0.15, 0.2) is 0 Å². The molecule has 0 unspecified atom stereocenters. The first-order chi connectivity index (χ1) is 13.8. The fourth-order valence-corrected chi connectivity index (χ4v) is 3.81. The van der Waals surface area contributed by atoms with Crippen LogP contribution in [0.15, 0.2) is 48.5 Å². The van der Waals surface area contributed by atoms with Crippen molar-refractivity contribution >= 4 is 5.97 Å². The Kier molecular flexibility index (Phi) is 10.4. The highest BCUT2D eigenvalue weighted by atomic mass is 16.5. The van der Waals surface area contributed by atoms with Crippen LogP contribution in [0.4, 0.5) is 0 Å². The molecule has 0 spiro atoms. The first-order valence-corrected chi connectivity index (χ1v) is 11.0. The number of carbonyl (C=O) groups is 1. The van der Waals surface area contributed by atoms with Crippen molar-refractivity contribution in [2.45, 2.75) is 77.6 Å². The summed E-state index contributed by atoms with van der Waals surface area (Å²) >= 11 is 0. The van der Waals surface area contributed by atoms with Gasteiger partial charge in [-0.05, 0) is 35.6 Å². The molecule has 28 heavy (non-hydrogen) atoms. The van der Waals surface area contributed by atoms with Crippen molar-refractivity contribution in [1.29, 1.82) is 0 Å². The third kappa shape index (κ3) is 7.14. The molecule has 0 atom stereocenters. The first kappa shape index (κ1) is 22.2. The van der Waals surface area contributed by atoms with E-state index in [0.29, 0.717) is 5.56 Å². The molecule has 0 N–H and O–H groups in total. The van der Waals surface area contributed by atoms with Gasteiger partial charge >= 0.3 is 5.97 Å². The minimum Gasteiger partial charge on any atom is -0.465 e. The summed E-state index contributed by atoms with van der Waals surface area (Å²) in [6.45, 7) is 2.27. The number of unbranched alkanes of at least 4 members (excludes halogenated alkanes) is 9. The number of methoxy groups -OCH3 is 1. The molecule has 0 aliphatic rings. The summed E-state index contributed by atoms with van der Waals surface area (Å²) in [7, 11) is 1.44. The van der Waals surface area contributed by atoms with Gasteiger partial charge in [-0.2, -0.15) is 0 Å². The number of carbonyl (C=O) groups excluding carboxylic acids is 1. The van der Waals surface area contributed by atoms with Gasteiger partial charge < -0.3 is 4.74 Å². The summed E-state index contributed by atoms with van der Waals surface area (Å²) in [4.78, 5) is 12.1. The molecular formula is C26H36O2. The zero-order chi connectivity index (χ0) is 20.0. The van der Waals surface area contributed by atoms with Crippen LogP contribution in [0.2, 0.25) is 0 Å². The van der Waals surface area contributed by atoms with Crippen LogP contribution in [-0.2, 0) is 11.2 Å². The van der Waals surface area contributed by atoms with Crippen molar-refractivity contribution in [2.24, 2.45) is 0 Å². The monoisotopic (exact) mass is 380 g/mol. The molecule has 2 aromatic carbocycles. The maximum Gasteiger partial charge on any atom is 0.338 e. The number of hydrogen-bond donors (Lipinski definition) is 0. The molecule has 2 rings (SSSR count). The third-order valence-corrected chi connectivity index (χ3v) is 5.44. The van der Waals surface area contributed by atoms with E-state index in [1.54, 1.807) is 0 Å². The molecule has 0 amide bonds. The van der Waals surface area contributed by atoms with Gasteiger partial charge in [0.2, 0.25) is 0 Å². The lowest BCUT2D eigenvalue weighted by atomic mass is 9.92. The van der Waals surface area contributed by atoms with E-state index < -0.39 is 0 Å². The van der Waals surface area contributed by atoms with Crippen LogP contribution in [0, 0.1) is 0 Å². The van der Waals surface area contributed by atoms with Crippen molar-refractivity contribution in [1.82, 2.24) is 0 Å². The third-order valence-electron chi connectivity index (χ3n) is 5.44. The number of aryl methyl sites for hydroxylation is 1. The second-order valence-corrected chi connectivity index (χ2v) is 7.63. The average molecular weight is 381 g/mol. The summed E-state index contributed by atoms with van der Waals surface area (Å²) in [5, 5.41) is 0. The van der Waals surface area contributed by atoms with E-state index in [1.165, 1.54) is 76.9 Å². The van der Waals surface area contributed by atoms with Gasteiger partial charge in [0, 0.05) is 0 Å². The molecule has 0 aliphatic heterocycles. The highest BCUT2D eigenvalue weighted by molar-refractivity contribution is 5.97. The Morgan fingerprint density at radius 1 is 0.714 bits per heavy atom. The molecule has 0 heterocycles. The minimum atomic E-state index is -0.274. The summed E-state index contributed by atoms with van der Waals surface area (Å²) in [5.74, 6) is -0.274. The lowest BCUT2D eigenvalue weighted by molar-refractivity contribution is 0.0601. The Morgan fingerprint density at radius 2 is 1.25 bits per heavy atom. The maximum atomic E-state index is 12.1. The SMILES string of the molecule is CCCCCCCCCCCCc1ccccc1-c1ccccc1C(=O)OC. The molecule has 2 nitrogen and oxygen atoms in total. The lowest BCUT2D eigenvalue weighted by Crippen LogP contribution is -2.04. The number of hydrogen-bond acceptors (Lipinski definition) is 2. The van der Waals surface area contributed by atoms with E-state index in [9.17, 15) is 4.79 Å². The van der Waals surface area contributed by atoms with Crippen LogP contribution in [0.1, 0.15) is 87.1 Å². The molecule has 0 radical (unpaired) electrons. The Balaban J connectivity index is 1.84. The highest BCUT2D eigenvalue weighted by Gasteiger charge is 2.14. The molecule has 0 saturated heterocycles. The molecular weight excluding hydrogens is 344 g/mol. The van der Waals surface area contributed by atoms with E-state index in [0.717, 1.165) is 17.5 Å². The van der Waals surface area contributed by atoms with Gasteiger partial charge in [0.25, 0.3) is 0 Å². The molecule has 0 bridgehead atoms. The van der Waals surface area contributed by atoms with Gasteiger partial charge in [0.05, 0.1) is 12.7 Å². The molecule has 2 heteroatoms. The quantitative estimate of drug-likeness (QED) is 0.264. The fraction of sp³-hybridized carbons (Fsp3) is 0.500. The first-order valence-electron chi connectivity index (χ1n) is 11.0. The zero-order valence-corrected chi connectivity index (χ0v) is 17.7. The fourth-order valence-electron chi connectivity index (χ4n) is 3.81. The molecule has 0 saturated carbocycles. The maximum absolute atomic E-state index is 12.1. The van der Waals surface area contributed by atoms with Crippen LogP contribution in [0.5, 0.6) is 0 Å². The number of rotatable bonds is 13. The van der Waals surface area contributed by atoms with Crippen LogP contribution < -0.4 is 0 Å². The lowest BCUT2D eigenvalue weighted by Gasteiger charge is -2.13. The smallest absolute Gasteiger partial charge is 0.338 e. The van der Waals surface area contributed by atoms with Crippen LogP contribution in [0.3, 0.4) is 0 Å². The van der Waals surface area contributed by atoms with Gasteiger partial charge in [0.1, 0.15) is 0 Å². The van der Waals surface area contributed by atoms with E-state index in [4.69, 9.17) is 4.74 Å². The van der Waals surface area contributed by atoms with E-state index >= 15 is 0 Å². The van der Waals surface area contributed by atoms with E-state index in [-0.39, 0.29) is 5.97 Å². The number of benzene rings is 2. The topological polar surface area (TPSA) is 26.3 Å². The number of ether oxygens (including phenoxy) is 1. The predicted molar refractivity (Wildman–Crippen MR) is 119 cm³/mol. The molecule has 0 fully saturated rings. The second-order valence-electron chi connectivity index (χ2n) is 7.63. The summed E-state index contributed by atoms with van der Waals surface area (Å²) in [5.41, 5.74) is 4.08. The summed E-state index contributed by atoms with van der Waals surface area (Å²) in [6.07, 6.45) is 14.5. The predicted octanol–water partition coefficient (Wildman–Crippen LogP) is 7.60. The van der Waals surface area contributed by atoms with Crippen molar-refractivity contribution in [2.75, 3.05) is 7.11 Å². The Hall–Kier alpha value is -2.09. The van der Waals surface area contributed by atoms with Crippen molar-refractivity contribution in [3.8, 4) is 11.1 Å². The van der Waals surface area contributed by atoms with Gasteiger partial charge in [-0.25, -0.2) is 4.79 Å². The summed E-state index contributed by atoms with van der Waals surface area (Å²) in [6, 6.07) is 16.2. The van der Waals surface area contributed by atoms with Crippen LogP contribution >= 0.6 is 0 Å². The standard InChI is InChI=1S/C26H36O2/c1-3-4-5-6-7-8-9-10-11-12-17-22-18-13-14-19-23(22)24-20-15-16-21-25(24)26(27)28-2/h13-16,18-21H,3-12,17H2,1-2H3. The Bertz CT molecular complexity index is 705. The number of esters is 1. The highest BCUT2D eigenvalue weighted by Crippen LogP contribution is 2.29. The van der Waals surface area contributed by atoms with E-state index in [1.807, 2.05) is 30.3 Å². The van der Waals surface area contributed by atoms with Crippen molar-refractivity contribution in [3.63, 3.8) is 0 Å². The van der Waals surface area contributed by atoms with Crippen LogP contribution in [0.25, 0.3) is 11.1 Å². The van der Waals surface area contributed by atoms with Gasteiger partial charge in [-0.1, -0.05) is 107 Å². The minimum absolute atomic E-state index is 0.274. The molecule has 0 aromatic heterocycles. The largest absolute Gasteiger partial charge is 0.465 e.